The lowest BCUT2D eigenvalue weighted by Crippen LogP contribution is -2.41. The molecule has 1 atom stereocenters. The summed E-state index contributed by atoms with van der Waals surface area (Å²) in [6.45, 7) is 13.0. The molecule has 1 rings (SSSR count). The van der Waals surface area contributed by atoms with Gasteiger partial charge in [-0.1, -0.05) is 13.8 Å². The Morgan fingerprint density at radius 3 is 2.27 bits per heavy atom. The molecule has 1 heterocycles. The summed E-state index contributed by atoms with van der Waals surface area (Å²) in [5, 5.41) is 0. The van der Waals surface area contributed by atoms with Crippen molar-refractivity contribution in [1.29, 1.82) is 0 Å². The first-order valence-electron chi connectivity index (χ1n) is 5.63. The molecule has 0 aromatic rings. The average Bonchev–Trinajstić information content (AvgIpc) is 2.24. The summed E-state index contributed by atoms with van der Waals surface area (Å²) < 4.78 is 5.37. The minimum atomic E-state index is -0.399. The van der Waals surface area contributed by atoms with Gasteiger partial charge in [-0.05, 0) is 39.5 Å². The van der Waals surface area contributed by atoms with Crippen molar-refractivity contribution in [2.24, 2.45) is 5.41 Å². The van der Waals surface area contributed by atoms with Crippen LogP contribution in [0.5, 0.6) is 0 Å². The van der Waals surface area contributed by atoms with Crippen LogP contribution in [0, 0.1) is 5.41 Å². The zero-order chi connectivity index (χ0) is 11.9. The van der Waals surface area contributed by atoms with Crippen molar-refractivity contribution < 1.29 is 9.53 Å². The Kier molecular flexibility index (Phi) is 3.04. The Labute approximate surface area is 92.8 Å². The summed E-state index contributed by atoms with van der Waals surface area (Å²) in [5.41, 5.74) is -0.194. The molecular weight excluding hydrogens is 190 g/mol. The molecule has 3 nitrogen and oxygen atoms in total. The Morgan fingerprint density at radius 1 is 1.40 bits per heavy atom. The molecule has 0 bridgehead atoms. The number of rotatable bonds is 0. The molecule has 3 heteroatoms. The van der Waals surface area contributed by atoms with E-state index in [4.69, 9.17) is 4.74 Å². The van der Waals surface area contributed by atoms with Crippen molar-refractivity contribution >= 4 is 6.09 Å². The Bertz CT molecular complexity index is 253. The van der Waals surface area contributed by atoms with E-state index in [9.17, 15) is 4.79 Å². The maximum absolute atomic E-state index is 11.9. The summed E-state index contributed by atoms with van der Waals surface area (Å²) in [6, 6.07) is 0.257. The normalized spacial score (nSPS) is 25.5. The van der Waals surface area contributed by atoms with Crippen molar-refractivity contribution in [2.45, 2.75) is 59.6 Å². The maximum atomic E-state index is 11.9. The van der Waals surface area contributed by atoms with Gasteiger partial charge in [-0.25, -0.2) is 4.79 Å². The monoisotopic (exact) mass is 213 g/mol. The number of amides is 1. The number of carbonyl (C=O) groups excluding carboxylic acids is 1. The van der Waals surface area contributed by atoms with E-state index >= 15 is 0 Å². The molecule has 88 valence electrons. The predicted octanol–water partition coefficient (Wildman–Crippen LogP) is 3.04. The lowest BCUT2D eigenvalue weighted by atomic mass is 9.86. The molecule has 1 saturated heterocycles. The second kappa shape index (κ2) is 3.69. The smallest absolute Gasteiger partial charge is 0.410 e. The van der Waals surface area contributed by atoms with Gasteiger partial charge >= 0.3 is 6.09 Å². The summed E-state index contributed by atoms with van der Waals surface area (Å²) in [6.07, 6.45) is 0.869. The second-order valence-corrected chi connectivity index (χ2v) is 6.09. The van der Waals surface area contributed by atoms with Gasteiger partial charge in [0.2, 0.25) is 0 Å². The minimum absolute atomic E-state index is 0.180. The van der Waals surface area contributed by atoms with E-state index in [1.54, 1.807) is 0 Å². The first-order valence-corrected chi connectivity index (χ1v) is 5.63. The zero-order valence-corrected chi connectivity index (χ0v) is 10.8. The molecule has 0 N–H and O–H groups in total. The van der Waals surface area contributed by atoms with Crippen molar-refractivity contribution in [3.8, 4) is 0 Å². The Balaban J connectivity index is 2.64. The molecule has 0 aromatic heterocycles. The van der Waals surface area contributed by atoms with Crippen molar-refractivity contribution in [1.82, 2.24) is 4.90 Å². The average molecular weight is 213 g/mol. The fourth-order valence-corrected chi connectivity index (χ4v) is 1.80. The van der Waals surface area contributed by atoms with Crippen LogP contribution < -0.4 is 0 Å². The highest BCUT2D eigenvalue weighted by Gasteiger charge is 2.41. The summed E-state index contributed by atoms with van der Waals surface area (Å²) in [5.74, 6) is 0. The molecule has 1 fully saturated rings. The van der Waals surface area contributed by atoms with Crippen molar-refractivity contribution in [3.63, 3.8) is 0 Å². The van der Waals surface area contributed by atoms with Crippen LogP contribution >= 0.6 is 0 Å². The predicted molar refractivity (Wildman–Crippen MR) is 60.8 cm³/mol. The third kappa shape index (κ3) is 2.86. The SMILES string of the molecule is CC1N(C(=O)OC(C)(C)C)CCC1(C)C. The van der Waals surface area contributed by atoms with Gasteiger partial charge in [0.1, 0.15) is 5.60 Å². The van der Waals surface area contributed by atoms with Crippen LogP contribution in [0.25, 0.3) is 0 Å². The Morgan fingerprint density at radius 2 is 1.93 bits per heavy atom. The molecule has 0 aromatic carbocycles. The first kappa shape index (κ1) is 12.3. The van der Waals surface area contributed by atoms with Gasteiger partial charge in [-0.3, -0.25) is 0 Å². The van der Waals surface area contributed by atoms with Crippen LogP contribution in [-0.2, 0) is 4.74 Å². The highest BCUT2D eigenvalue weighted by molar-refractivity contribution is 5.69. The van der Waals surface area contributed by atoms with Crippen LogP contribution in [-0.4, -0.2) is 29.2 Å². The molecule has 0 radical (unpaired) electrons. The van der Waals surface area contributed by atoms with E-state index in [0.29, 0.717) is 0 Å². The van der Waals surface area contributed by atoms with Crippen LogP contribution in [0.15, 0.2) is 0 Å². The second-order valence-electron chi connectivity index (χ2n) is 6.09. The molecule has 1 aliphatic rings. The molecule has 0 aliphatic carbocycles. The van der Waals surface area contributed by atoms with Gasteiger partial charge < -0.3 is 9.64 Å². The maximum Gasteiger partial charge on any atom is 0.410 e. The molecule has 0 spiro atoms. The third-order valence-corrected chi connectivity index (χ3v) is 3.22. The largest absolute Gasteiger partial charge is 0.444 e. The third-order valence-electron chi connectivity index (χ3n) is 3.22. The van der Waals surface area contributed by atoms with Gasteiger partial charge in [0, 0.05) is 12.6 Å². The number of nitrogens with zero attached hydrogens (tertiary/aromatic N) is 1. The van der Waals surface area contributed by atoms with Gasteiger partial charge in [0.25, 0.3) is 0 Å². The van der Waals surface area contributed by atoms with E-state index < -0.39 is 5.60 Å². The van der Waals surface area contributed by atoms with E-state index in [1.807, 2.05) is 25.7 Å². The van der Waals surface area contributed by atoms with Crippen LogP contribution in [0.1, 0.15) is 48.0 Å². The van der Waals surface area contributed by atoms with Gasteiger partial charge in [-0.15, -0.1) is 0 Å². The number of hydrogen-bond acceptors (Lipinski definition) is 2. The highest BCUT2D eigenvalue weighted by Crippen LogP contribution is 2.36. The van der Waals surface area contributed by atoms with Crippen molar-refractivity contribution in [2.75, 3.05) is 6.54 Å². The Hall–Kier alpha value is -0.730. The van der Waals surface area contributed by atoms with Crippen LogP contribution in [0.4, 0.5) is 4.79 Å². The minimum Gasteiger partial charge on any atom is -0.444 e. The molecule has 1 amide bonds. The van der Waals surface area contributed by atoms with E-state index in [-0.39, 0.29) is 17.6 Å². The number of likely N-dealkylation sites (tertiary alicyclic amines) is 1. The van der Waals surface area contributed by atoms with Gasteiger partial charge in [0.15, 0.2) is 0 Å². The first-order chi connectivity index (χ1) is 6.63. The van der Waals surface area contributed by atoms with Crippen LogP contribution in [0.2, 0.25) is 0 Å². The zero-order valence-electron chi connectivity index (χ0n) is 10.8. The molecule has 1 unspecified atom stereocenters. The number of carbonyl (C=O) groups is 1. The van der Waals surface area contributed by atoms with E-state index in [1.165, 1.54) is 0 Å². The summed E-state index contributed by atoms with van der Waals surface area (Å²) in [7, 11) is 0. The van der Waals surface area contributed by atoms with E-state index in [0.717, 1.165) is 13.0 Å². The topological polar surface area (TPSA) is 29.5 Å². The lowest BCUT2D eigenvalue weighted by molar-refractivity contribution is 0.0198. The standard InChI is InChI=1S/C12H23NO2/c1-9-12(5,6)7-8-13(9)10(14)15-11(2,3)4/h9H,7-8H2,1-6H3. The van der Waals surface area contributed by atoms with Gasteiger partial charge in [-0.2, -0.15) is 0 Å². The molecular formula is C12H23NO2. The fraction of sp³-hybridized carbons (Fsp3) is 0.917. The highest BCUT2D eigenvalue weighted by atomic mass is 16.6. The molecule has 15 heavy (non-hydrogen) atoms. The van der Waals surface area contributed by atoms with E-state index in [2.05, 4.69) is 20.8 Å². The quantitative estimate of drug-likeness (QED) is 0.619. The lowest BCUT2D eigenvalue weighted by Gasteiger charge is -2.31. The van der Waals surface area contributed by atoms with Crippen molar-refractivity contribution in [3.05, 3.63) is 0 Å². The summed E-state index contributed by atoms with van der Waals surface area (Å²) >= 11 is 0. The number of ether oxygens (including phenoxy) is 1. The number of hydrogen-bond donors (Lipinski definition) is 0. The summed E-state index contributed by atoms with van der Waals surface area (Å²) in [4.78, 5) is 13.7. The van der Waals surface area contributed by atoms with Gasteiger partial charge in [0.05, 0.1) is 0 Å². The molecule has 1 aliphatic heterocycles. The fourth-order valence-electron chi connectivity index (χ4n) is 1.80. The molecule has 0 saturated carbocycles. The van der Waals surface area contributed by atoms with Crippen LogP contribution in [0.3, 0.4) is 0 Å².